The number of piperidine rings is 1. The molecule has 0 aliphatic carbocycles. The van der Waals surface area contributed by atoms with Crippen molar-refractivity contribution in [3.63, 3.8) is 0 Å². The SMILES string of the molecule is O=C(OCc1nc(-c2ccc(Cl)cc2)cs1)N1CCC2(CC1)C(=O)NCN2c1ccccc1. The number of halogens is 1. The Bertz CT molecular complexity index is 1140. The van der Waals surface area contributed by atoms with Crippen molar-refractivity contribution in [1.29, 1.82) is 0 Å². The number of para-hydroxylation sites is 1. The van der Waals surface area contributed by atoms with Gasteiger partial charge in [0.2, 0.25) is 5.91 Å². The Labute approximate surface area is 200 Å². The zero-order chi connectivity index (χ0) is 22.8. The summed E-state index contributed by atoms with van der Waals surface area (Å²) in [5.41, 5.74) is 2.18. The summed E-state index contributed by atoms with van der Waals surface area (Å²) in [6.45, 7) is 1.52. The Morgan fingerprint density at radius 2 is 1.85 bits per heavy atom. The topological polar surface area (TPSA) is 74.8 Å². The van der Waals surface area contributed by atoms with Crippen molar-refractivity contribution in [2.45, 2.75) is 25.0 Å². The van der Waals surface area contributed by atoms with Gasteiger partial charge in [-0.15, -0.1) is 11.3 Å². The second-order valence-electron chi connectivity index (χ2n) is 8.13. The van der Waals surface area contributed by atoms with Gasteiger partial charge in [-0.05, 0) is 37.1 Å². The molecule has 1 aromatic heterocycles. The highest BCUT2D eigenvalue weighted by molar-refractivity contribution is 7.09. The molecule has 0 unspecified atom stereocenters. The molecule has 33 heavy (non-hydrogen) atoms. The van der Waals surface area contributed by atoms with Crippen LogP contribution in [0.4, 0.5) is 10.5 Å². The van der Waals surface area contributed by atoms with Crippen molar-refractivity contribution >= 4 is 40.6 Å². The van der Waals surface area contributed by atoms with E-state index in [1.165, 1.54) is 11.3 Å². The number of anilines is 1. The number of amides is 2. The number of carbonyl (C=O) groups is 2. The fourth-order valence-electron chi connectivity index (χ4n) is 4.44. The van der Waals surface area contributed by atoms with Crippen LogP contribution in [0.2, 0.25) is 5.02 Å². The summed E-state index contributed by atoms with van der Waals surface area (Å²) < 4.78 is 5.52. The van der Waals surface area contributed by atoms with Crippen LogP contribution in [0.25, 0.3) is 11.3 Å². The lowest BCUT2D eigenvalue weighted by molar-refractivity contribution is -0.125. The molecule has 0 bridgehead atoms. The van der Waals surface area contributed by atoms with Gasteiger partial charge in [0.25, 0.3) is 0 Å². The second kappa shape index (κ2) is 9.03. The van der Waals surface area contributed by atoms with Crippen LogP contribution in [0.15, 0.2) is 60.0 Å². The van der Waals surface area contributed by atoms with Gasteiger partial charge in [0, 0.05) is 34.7 Å². The molecule has 2 aromatic carbocycles. The quantitative estimate of drug-likeness (QED) is 0.591. The molecule has 2 fully saturated rings. The number of hydrogen-bond donors (Lipinski definition) is 1. The molecular weight excluding hydrogens is 460 g/mol. The van der Waals surface area contributed by atoms with Gasteiger partial charge in [-0.2, -0.15) is 0 Å². The average Bonchev–Trinajstić information content (AvgIpc) is 3.44. The van der Waals surface area contributed by atoms with E-state index in [4.69, 9.17) is 16.3 Å². The van der Waals surface area contributed by atoms with Crippen LogP contribution in [-0.4, -0.2) is 47.2 Å². The molecule has 1 N–H and O–H groups in total. The van der Waals surface area contributed by atoms with Gasteiger partial charge >= 0.3 is 6.09 Å². The first-order chi connectivity index (χ1) is 16.0. The highest BCUT2D eigenvalue weighted by Gasteiger charge is 2.51. The maximum atomic E-state index is 12.8. The van der Waals surface area contributed by atoms with Crippen LogP contribution in [0.1, 0.15) is 17.8 Å². The van der Waals surface area contributed by atoms with E-state index in [1.807, 2.05) is 60.0 Å². The third-order valence-electron chi connectivity index (χ3n) is 6.26. The van der Waals surface area contributed by atoms with E-state index in [0.717, 1.165) is 22.0 Å². The minimum atomic E-state index is -0.624. The Morgan fingerprint density at radius 3 is 2.58 bits per heavy atom. The smallest absolute Gasteiger partial charge is 0.410 e. The van der Waals surface area contributed by atoms with Crippen molar-refractivity contribution in [2.24, 2.45) is 0 Å². The number of carbonyl (C=O) groups excluding carboxylic acids is 2. The highest BCUT2D eigenvalue weighted by Crippen LogP contribution is 2.36. The summed E-state index contributed by atoms with van der Waals surface area (Å²) in [4.78, 5) is 33.8. The zero-order valence-corrected chi connectivity index (χ0v) is 19.4. The number of nitrogens with zero attached hydrogens (tertiary/aromatic N) is 3. The van der Waals surface area contributed by atoms with E-state index in [9.17, 15) is 9.59 Å². The summed E-state index contributed by atoms with van der Waals surface area (Å²) >= 11 is 7.40. The maximum absolute atomic E-state index is 12.8. The van der Waals surface area contributed by atoms with Crippen LogP contribution < -0.4 is 10.2 Å². The number of thiazole rings is 1. The molecule has 9 heteroatoms. The number of rotatable bonds is 4. The van der Waals surface area contributed by atoms with E-state index >= 15 is 0 Å². The molecule has 0 atom stereocenters. The highest BCUT2D eigenvalue weighted by atomic mass is 35.5. The summed E-state index contributed by atoms with van der Waals surface area (Å²) in [7, 11) is 0. The molecule has 0 radical (unpaired) electrons. The molecule has 2 aliphatic rings. The first-order valence-corrected chi connectivity index (χ1v) is 12.0. The Balaban J connectivity index is 1.18. The third-order valence-corrected chi connectivity index (χ3v) is 7.34. The van der Waals surface area contributed by atoms with E-state index < -0.39 is 5.54 Å². The fourth-order valence-corrected chi connectivity index (χ4v) is 5.28. The molecule has 7 nitrogen and oxygen atoms in total. The average molecular weight is 483 g/mol. The molecule has 2 aliphatic heterocycles. The monoisotopic (exact) mass is 482 g/mol. The number of benzene rings is 2. The molecular formula is C24H23ClN4O3S. The number of nitrogens with one attached hydrogen (secondary N) is 1. The Hall–Kier alpha value is -3.10. The van der Waals surface area contributed by atoms with Crippen LogP contribution in [-0.2, 0) is 16.1 Å². The summed E-state index contributed by atoms with van der Waals surface area (Å²) in [5.74, 6) is 0.0249. The van der Waals surface area contributed by atoms with Gasteiger partial charge in [0.1, 0.15) is 17.2 Å². The molecule has 2 amide bonds. The van der Waals surface area contributed by atoms with E-state index in [-0.39, 0.29) is 18.6 Å². The van der Waals surface area contributed by atoms with Crippen molar-refractivity contribution in [2.75, 3.05) is 24.7 Å². The van der Waals surface area contributed by atoms with Gasteiger partial charge in [-0.1, -0.05) is 41.9 Å². The number of aromatic nitrogens is 1. The first kappa shape index (κ1) is 21.7. The number of hydrogen-bond acceptors (Lipinski definition) is 6. The van der Waals surface area contributed by atoms with Crippen molar-refractivity contribution in [3.8, 4) is 11.3 Å². The maximum Gasteiger partial charge on any atom is 0.410 e. The van der Waals surface area contributed by atoms with E-state index in [1.54, 1.807) is 4.90 Å². The van der Waals surface area contributed by atoms with Crippen LogP contribution in [0.3, 0.4) is 0 Å². The molecule has 2 saturated heterocycles. The third kappa shape index (κ3) is 4.28. The number of likely N-dealkylation sites (tertiary alicyclic amines) is 1. The van der Waals surface area contributed by atoms with Crippen molar-refractivity contribution < 1.29 is 14.3 Å². The summed E-state index contributed by atoms with van der Waals surface area (Å²) in [6, 6.07) is 17.4. The predicted octanol–water partition coefficient (Wildman–Crippen LogP) is 4.53. The molecule has 1 spiro atoms. The van der Waals surface area contributed by atoms with E-state index in [2.05, 4.69) is 15.2 Å². The summed E-state index contributed by atoms with van der Waals surface area (Å²) in [5, 5.41) is 6.32. The predicted molar refractivity (Wildman–Crippen MR) is 128 cm³/mol. The second-order valence-corrected chi connectivity index (χ2v) is 9.51. The van der Waals surface area contributed by atoms with Gasteiger partial charge < -0.3 is 19.9 Å². The largest absolute Gasteiger partial charge is 0.442 e. The van der Waals surface area contributed by atoms with Crippen LogP contribution in [0.5, 0.6) is 0 Å². The van der Waals surface area contributed by atoms with E-state index in [0.29, 0.717) is 37.6 Å². The van der Waals surface area contributed by atoms with Gasteiger partial charge in [0.05, 0.1) is 12.4 Å². The molecule has 0 saturated carbocycles. The van der Waals surface area contributed by atoms with Gasteiger partial charge in [-0.3, -0.25) is 4.79 Å². The molecule has 3 aromatic rings. The van der Waals surface area contributed by atoms with Crippen molar-refractivity contribution in [3.05, 3.63) is 70.0 Å². The minimum Gasteiger partial charge on any atom is -0.442 e. The van der Waals surface area contributed by atoms with Crippen LogP contribution >= 0.6 is 22.9 Å². The lowest BCUT2D eigenvalue weighted by Crippen LogP contribution is -2.57. The zero-order valence-electron chi connectivity index (χ0n) is 17.9. The summed E-state index contributed by atoms with van der Waals surface area (Å²) in [6.07, 6.45) is 0.736. The minimum absolute atomic E-state index is 0.0249. The molecule has 5 rings (SSSR count). The normalized spacial score (nSPS) is 17.3. The standard InChI is InChI=1S/C24H23ClN4O3S/c25-18-8-6-17(7-9-18)20-15-33-21(27-20)14-32-23(31)28-12-10-24(11-13-28)22(30)26-16-29(24)19-4-2-1-3-5-19/h1-9,15H,10-14,16H2,(H,26,30). The van der Waals surface area contributed by atoms with Crippen LogP contribution in [0, 0.1) is 0 Å². The first-order valence-electron chi connectivity index (χ1n) is 10.8. The molecule has 3 heterocycles. The Kier molecular flexibility index (Phi) is 5.95. The fraction of sp³-hybridized carbons (Fsp3) is 0.292. The van der Waals surface area contributed by atoms with Gasteiger partial charge in [-0.25, -0.2) is 9.78 Å². The number of ether oxygens (including phenoxy) is 1. The van der Waals surface area contributed by atoms with Gasteiger partial charge in [0.15, 0.2) is 0 Å². The lowest BCUT2D eigenvalue weighted by Gasteiger charge is -2.42. The molecule has 170 valence electrons. The Morgan fingerprint density at radius 1 is 1.12 bits per heavy atom. The lowest BCUT2D eigenvalue weighted by atomic mass is 9.86. The van der Waals surface area contributed by atoms with Crippen molar-refractivity contribution in [1.82, 2.24) is 15.2 Å².